The highest BCUT2D eigenvalue weighted by atomic mass is 16.7. The van der Waals surface area contributed by atoms with Gasteiger partial charge in [0.1, 0.15) is 6.10 Å². The van der Waals surface area contributed by atoms with E-state index in [2.05, 4.69) is 0 Å². The Bertz CT molecular complexity index is 286. The summed E-state index contributed by atoms with van der Waals surface area (Å²) in [5, 5.41) is 37.5. The molecule has 8 nitrogen and oxygen atoms in total. The van der Waals surface area contributed by atoms with Crippen molar-refractivity contribution in [3.63, 3.8) is 0 Å². The molecule has 0 aliphatic heterocycles. The molecule has 8 heteroatoms. The molecule has 0 rings (SSSR count). The van der Waals surface area contributed by atoms with Crippen molar-refractivity contribution in [1.82, 2.24) is 0 Å². The predicted octanol–water partition coefficient (Wildman–Crippen LogP) is -0.602. The largest absolute Gasteiger partial charge is 0.481 e. The van der Waals surface area contributed by atoms with Crippen LogP contribution in [-0.4, -0.2) is 63.8 Å². The fourth-order valence-corrected chi connectivity index (χ4v) is 1.78. The minimum atomic E-state index is -1.47. The molecule has 0 radical (unpaired) electrons. The summed E-state index contributed by atoms with van der Waals surface area (Å²) < 4.78 is 10.5. The first-order chi connectivity index (χ1) is 9.79. The van der Waals surface area contributed by atoms with Crippen LogP contribution in [0.2, 0.25) is 0 Å². The van der Waals surface area contributed by atoms with Gasteiger partial charge in [0.25, 0.3) is 0 Å². The molecule has 0 saturated heterocycles. The monoisotopic (exact) mass is 309 g/mol. The molecule has 0 fully saturated rings. The van der Waals surface area contributed by atoms with Crippen molar-refractivity contribution in [2.75, 3.05) is 6.61 Å². The Morgan fingerprint density at radius 3 is 2.33 bits per heavy atom. The first kappa shape index (κ1) is 20.2. The SMILES string of the molecule is CCCC(O)C(OC(OCCCC(=O)O)C(N)O)C(C)O. The van der Waals surface area contributed by atoms with E-state index < -0.39 is 36.8 Å². The number of hydrogen-bond donors (Lipinski definition) is 5. The summed E-state index contributed by atoms with van der Waals surface area (Å²) in [6.45, 7) is 3.36. The quantitative estimate of drug-likeness (QED) is 0.237. The van der Waals surface area contributed by atoms with Crippen molar-refractivity contribution in [2.45, 2.75) is 70.4 Å². The number of carboxylic acid groups (broad SMARTS) is 1. The molecule has 0 aromatic carbocycles. The molecule has 21 heavy (non-hydrogen) atoms. The molecule has 0 bridgehead atoms. The van der Waals surface area contributed by atoms with Crippen molar-refractivity contribution in [2.24, 2.45) is 5.73 Å². The summed E-state index contributed by atoms with van der Waals surface area (Å²) in [6, 6.07) is 0. The number of nitrogens with two attached hydrogens (primary N) is 1. The molecular formula is C13H27NO7. The summed E-state index contributed by atoms with van der Waals surface area (Å²) in [5.41, 5.74) is 5.33. The number of carboxylic acids is 1. The third kappa shape index (κ3) is 8.97. The van der Waals surface area contributed by atoms with Gasteiger partial charge < -0.3 is 35.6 Å². The average molecular weight is 309 g/mol. The lowest BCUT2D eigenvalue weighted by molar-refractivity contribution is -0.246. The number of carbonyl (C=O) groups is 1. The van der Waals surface area contributed by atoms with Crippen LogP contribution in [0, 0.1) is 0 Å². The van der Waals surface area contributed by atoms with Gasteiger partial charge in [-0.25, -0.2) is 0 Å². The van der Waals surface area contributed by atoms with Crippen LogP contribution in [0.4, 0.5) is 0 Å². The maximum atomic E-state index is 10.4. The fraction of sp³-hybridized carbons (Fsp3) is 0.923. The van der Waals surface area contributed by atoms with Gasteiger partial charge >= 0.3 is 5.97 Å². The molecule has 0 aliphatic carbocycles. The van der Waals surface area contributed by atoms with E-state index >= 15 is 0 Å². The molecule has 126 valence electrons. The van der Waals surface area contributed by atoms with Crippen molar-refractivity contribution >= 4 is 5.97 Å². The van der Waals surface area contributed by atoms with Gasteiger partial charge in [0, 0.05) is 6.42 Å². The Labute approximate surface area is 124 Å². The minimum Gasteiger partial charge on any atom is -0.481 e. The van der Waals surface area contributed by atoms with E-state index in [1.54, 1.807) is 0 Å². The molecule has 0 aliphatic rings. The zero-order valence-corrected chi connectivity index (χ0v) is 12.5. The van der Waals surface area contributed by atoms with Crippen LogP contribution in [0.3, 0.4) is 0 Å². The predicted molar refractivity (Wildman–Crippen MR) is 74.3 cm³/mol. The van der Waals surface area contributed by atoms with E-state index in [1.165, 1.54) is 6.92 Å². The van der Waals surface area contributed by atoms with E-state index in [9.17, 15) is 20.1 Å². The van der Waals surface area contributed by atoms with Gasteiger partial charge in [-0.2, -0.15) is 0 Å². The smallest absolute Gasteiger partial charge is 0.303 e. The van der Waals surface area contributed by atoms with Gasteiger partial charge in [-0.05, 0) is 19.8 Å². The van der Waals surface area contributed by atoms with E-state index in [4.69, 9.17) is 20.3 Å². The molecule has 0 amide bonds. The average Bonchev–Trinajstić information content (AvgIpc) is 2.36. The molecule has 0 heterocycles. The minimum absolute atomic E-state index is 0.0294. The molecule has 0 saturated carbocycles. The lowest BCUT2D eigenvalue weighted by Crippen LogP contribution is -2.47. The second kappa shape index (κ2) is 10.9. The second-order valence-electron chi connectivity index (χ2n) is 4.92. The highest BCUT2D eigenvalue weighted by Crippen LogP contribution is 2.15. The first-order valence-corrected chi connectivity index (χ1v) is 7.08. The number of aliphatic carboxylic acids is 1. The van der Waals surface area contributed by atoms with Gasteiger partial charge in [-0.1, -0.05) is 13.3 Å². The number of hydrogen-bond acceptors (Lipinski definition) is 7. The number of ether oxygens (including phenoxy) is 2. The van der Waals surface area contributed by atoms with Gasteiger partial charge in [-0.3, -0.25) is 4.79 Å². The molecule has 5 unspecified atom stereocenters. The van der Waals surface area contributed by atoms with Crippen LogP contribution >= 0.6 is 0 Å². The lowest BCUT2D eigenvalue weighted by atomic mass is 10.0. The van der Waals surface area contributed by atoms with Gasteiger partial charge in [0.05, 0.1) is 18.8 Å². The number of aliphatic hydroxyl groups is 3. The Morgan fingerprint density at radius 2 is 1.90 bits per heavy atom. The van der Waals surface area contributed by atoms with Crippen LogP contribution in [0.1, 0.15) is 39.5 Å². The zero-order valence-electron chi connectivity index (χ0n) is 12.5. The molecule has 6 N–H and O–H groups in total. The number of aliphatic hydroxyl groups excluding tert-OH is 3. The molecule has 0 spiro atoms. The van der Waals surface area contributed by atoms with E-state index in [-0.39, 0.29) is 19.4 Å². The second-order valence-corrected chi connectivity index (χ2v) is 4.92. The standard InChI is InChI=1S/C13H27NO7/c1-3-5-9(16)11(8(2)15)21-13(12(14)19)20-7-4-6-10(17)18/h8-9,11-13,15-16,19H,3-7,14H2,1-2H3,(H,17,18). The normalized spacial score (nSPS) is 18.8. The molecule has 5 atom stereocenters. The highest BCUT2D eigenvalue weighted by Gasteiger charge is 2.30. The van der Waals surface area contributed by atoms with Gasteiger partial charge in [0.2, 0.25) is 0 Å². The topological polar surface area (TPSA) is 142 Å². The van der Waals surface area contributed by atoms with Crippen LogP contribution in [0.5, 0.6) is 0 Å². The van der Waals surface area contributed by atoms with Crippen LogP contribution in [0.15, 0.2) is 0 Å². The van der Waals surface area contributed by atoms with E-state index in [0.717, 1.165) is 0 Å². The Balaban J connectivity index is 4.45. The summed E-state index contributed by atoms with van der Waals surface area (Å²) in [4.78, 5) is 10.4. The maximum Gasteiger partial charge on any atom is 0.303 e. The van der Waals surface area contributed by atoms with E-state index in [0.29, 0.717) is 12.8 Å². The summed E-state index contributed by atoms with van der Waals surface area (Å²) >= 11 is 0. The number of rotatable bonds is 12. The zero-order chi connectivity index (χ0) is 16.4. The summed E-state index contributed by atoms with van der Waals surface area (Å²) in [5.74, 6) is -0.954. The van der Waals surface area contributed by atoms with Crippen molar-refractivity contribution in [1.29, 1.82) is 0 Å². The molecule has 0 aromatic heterocycles. The van der Waals surface area contributed by atoms with Crippen molar-refractivity contribution in [3.05, 3.63) is 0 Å². The van der Waals surface area contributed by atoms with Gasteiger partial charge in [-0.15, -0.1) is 0 Å². The molecular weight excluding hydrogens is 282 g/mol. The summed E-state index contributed by atoms with van der Waals surface area (Å²) in [6.07, 6.45) is -4.29. The van der Waals surface area contributed by atoms with Crippen molar-refractivity contribution in [3.8, 4) is 0 Å². The van der Waals surface area contributed by atoms with Crippen molar-refractivity contribution < 1.29 is 34.7 Å². The Hall–Kier alpha value is -0.770. The highest BCUT2D eigenvalue weighted by molar-refractivity contribution is 5.66. The molecule has 0 aromatic rings. The Kier molecular flexibility index (Phi) is 10.5. The third-order valence-corrected chi connectivity index (χ3v) is 2.83. The van der Waals surface area contributed by atoms with Crippen LogP contribution < -0.4 is 5.73 Å². The lowest BCUT2D eigenvalue weighted by Gasteiger charge is -2.31. The third-order valence-electron chi connectivity index (χ3n) is 2.83. The maximum absolute atomic E-state index is 10.4. The Morgan fingerprint density at radius 1 is 1.29 bits per heavy atom. The van der Waals surface area contributed by atoms with E-state index in [1.807, 2.05) is 6.92 Å². The fourth-order valence-electron chi connectivity index (χ4n) is 1.78. The van der Waals surface area contributed by atoms with Crippen LogP contribution in [0.25, 0.3) is 0 Å². The first-order valence-electron chi connectivity index (χ1n) is 7.08. The van der Waals surface area contributed by atoms with Gasteiger partial charge in [0.15, 0.2) is 12.5 Å². The van der Waals surface area contributed by atoms with Crippen LogP contribution in [-0.2, 0) is 14.3 Å². The summed E-state index contributed by atoms with van der Waals surface area (Å²) in [7, 11) is 0.